The van der Waals surface area contributed by atoms with Gasteiger partial charge in [0.2, 0.25) is 5.78 Å². The first-order chi connectivity index (χ1) is 9.02. The largest absolute Gasteiger partial charge is 0.382 e. The van der Waals surface area contributed by atoms with Gasteiger partial charge >= 0.3 is 0 Å². The molecule has 3 nitrogen and oxygen atoms in total. The Bertz CT molecular complexity index is 528. The summed E-state index contributed by atoms with van der Waals surface area (Å²) in [5.41, 5.74) is 1.78. The van der Waals surface area contributed by atoms with E-state index in [4.69, 9.17) is 0 Å². The zero-order chi connectivity index (χ0) is 14.0. The Morgan fingerprint density at radius 2 is 2.16 bits per heavy atom. The number of carbonyl (C=O) groups is 1. The fourth-order valence-electron chi connectivity index (χ4n) is 1.93. The number of rotatable bonds is 3. The van der Waals surface area contributed by atoms with Crippen molar-refractivity contribution in [3.05, 3.63) is 39.3 Å². The van der Waals surface area contributed by atoms with Gasteiger partial charge < -0.3 is 9.21 Å². The van der Waals surface area contributed by atoms with Crippen molar-refractivity contribution in [2.75, 3.05) is 24.9 Å². The average Bonchev–Trinajstić information content (AvgIpc) is 2.34. The monoisotopic (exact) mass is 340 g/mol. The second-order valence-corrected chi connectivity index (χ2v) is 6.62. The smallest absolute Gasteiger partial charge is 0.204 e. The molecule has 0 saturated carbocycles. The Kier molecular flexibility index (Phi) is 4.58. The van der Waals surface area contributed by atoms with E-state index in [0.29, 0.717) is 0 Å². The number of Topliss-reactive ketones (excluding diaryl/α,β-unsaturated/α-hetero) is 1. The highest BCUT2D eigenvalue weighted by Gasteiger charge is 2.28. The van der Waals surface area contributed by atoms with Crippen LogP contribution in [0.1, 0.15) is 23.7 Å². The van der Waals surface area contributed by atoms with Crippen LogP contribution in [0.25, 0.3) is 0 Å². The molecular weight excluding hydrogens is 324 g/mol. The molecule has 0 fully saturated rings. The van der Waals surface area contributed by atoms with Crippen LogP contribution in [-0.2, 0) is 0 Å². The lowest BCUT2D eigenvalue weighted by molar-refractivity contribution is 0.104. The number of hydrogen-bond acceptors (Lipinski definition) is 4. The number of allylic oxidation sites excluding steroid dienone is 1. The maximum atomic E-state index is 12.5. The van der Waals surface area contributed by atoms with Crippen molar-refractivity contribution in [1.29, 1.82) is 0 Å². The Morgan fingerprint density at radius 1 is 1.42 bits per heavy atom. The first kappa shape index (κ1) is 14.5. The second-order valence-electron chi connectivity index (χ2n) is 4.64. The minimum atomic E-state index is 0.105. The normalized spacial score (nSPS) is 16.7. The Balaban J connectivity index is 2.47. The highest BCUT2D eigenvalue weighted by Crippen LogP contribution is 2.40. The Morgan fingerprint density at radius 3 is 2.79 bits per heavy atom. The van der Waals surface area contributed by atoms with Crippen LogP contribution in [0.15, 0.2) is 33.8 Å². The van der Waals surface area contributed by atoms with Crippen LogP contribution in [0.4, 0.5) is 5.69 Å². The number of anilines is 1. The van der Waals surface area contributed by atoms with Gasteiger partial charge in [-0.1, -0.05) is 22.9 Å². The molecule has 1 aliphatic heterocycles. The van der Waals surface area contributed by atoms with Crippen LogP contribution in [0.5, 0.6) is 0 Å². The van der Waals surface area contributed by atoms with Crippen molar-refractivity contribution in [3.63, 3.8) is 0 Å². The van der Waals surface area contributed by atoms with Gasteiger partial charge in [-0.05, 0) is 36.6 Å². The number of ketones is 1. The van der Waals surface area contributed by atoms with E-state index < -0.39 is 0 Å². The van der Waals surface area contributed by atoms with E-state index in [9.17, 15) is 4.79 Å². The van der Waals surface area contributed by atoms with Gasteiger partial charge in [0, 0.05) is 36.9 Å². The molecule has 0 spiro atoms. The molecule has 0 aliphatic carbocycles. The second kappa shape index (κ2) is 6.01. The SMILES string of the molecule is CCCN1SC(=CN(C)C)C(=O)c2ccc(Br)cc21. The van der Waals surface area contributed by atoms with Crippen molar-refractivity contribution in [2.45, 2.75) is 13.3 Å². The summed E-state index contributed by atoms with van der Waals surface area (Å²) >= 11 is 5.00. The molecule has 0 saturated heterocycles. The molecule has 2 rings (SSSR count). The lowest BCUT2D eigenvalue weighted by atomic mass is 10.1. The van der Waals surface area contributed by atoms with Crippen LogP contribution in [0.3, 0.4) is 0 Å². The minimum Gasteiger partial charge on any atom is -0.382 e. The summed E-state index contributed by atoms with van der Waals surface area (Å²) in [7, 11) is 3.87. The Hall–Kier alpha value is -0.940. The molecule has 19 heavy (non-hydrogen) atoms. The maximum Gasteiger partial charge on any atom is 0.204 e. The summed E-state index contributed by atoms with van der Waals surface area (Å²) in [6.07, 6.45) is 2.93. The first-order valence-electron chi connectivity index (χ1n) is 6.21. The van der Waals surface area contributed by atoms with Crippen LogP contribution in [0.2, 0.25) is 0 Å². The number of carbonyl (C=O) groups excluding carboxylic acids is 1. The van der Waals surface area contributed by atoms with Crippen molar-refractivity contribution < 1.29 is 4.79 Å². The molecular formula is C14H17BrN2OS. The quantitative estimate of drug-likeness (QED) is 0.614. The van der Waals surface area contributed by atoms with Crippen molar-refractivity contribution in [1.82, 2.24) is 4.90 Å². The standard InChI is InChI=1S/C14H17BrN2OS/c1-4-7-17-12-8-10(15)5-6-11(12)14(18)13(19-17)9-16(2)3/h5-6,8-9H,4,7H2,1-3H3. The molecule has 0 amide bonds. The van der Waals surface area contributed by atoms with Crippen molar-refractivity contribution in [2.24, 2.45) is 0 Å². The lowest BCUT2D eigenvalue weighted by Gasteiger charge is -2.30. The van der Waals surface area contributed by atoms with Gasteiger partial charge in [0.25, 0.3) is 0 Å². The summed E-state index contributed by atoms with van der Waals surface area (Å²) in [4.78, 5) is 15.1. The van der Waals surface area contributed by atoms with E-state index >= 15 is 0 Å². The zero-order valence-electron chi connectivity index (χ0n) is 11.3. The predicted octanol–water partition coefficient (Wildman–Crippen LogP) is 3.91. The van der Waals surface area contributed by atoms with Gasteiger partial charge in [-0.3, -0.25) is 4.79 Å². The lowest BCUT2D eigenvalue weighted by Crippen LogP contribution is -2.25. The number of benzene rings is 1. The van der Waals surface area contributed by atoms with Gasteiger partial charge in [-0.15, -0.1) is 0 Å². The molecule has 1 aliphatic rings. The molecule has 1 aromatic carbocycles. The highest BCUT2D eigenvalue weighted by atomic mass is 79.9. The van der Waals surface area contributed by atoms with Crippen LogP contribution in [0, 0.1) is 0 Å². The third kappa shape index (κ3) is 3.15. The molecule has 1 aromatic rings. The van der Waals surface area contributed by atoms with Gasteiger partial charge in [-0.25, -0.2) is 0 Å². The highest BCUT2D eigenvalue weighted by molar-refractivity contribution is 9.10. The molecule has 0 N–H and O–H groups in total. The fourth-order valence-corrected chi connectivity index (χ4v) is 3.49. The third-order valence-electron chi connectivity index (χ3n) is 2.71. The molecule has 5 heteroatoms. The van der Waals surface area contributed by atoms with E-state index in [1.807, 2.05) is 43.4 Å². The maximum absolute atomic E-state index is 12.5. The van der Waals surface area contributed by atoms with Gasteiger partial charge in [0.1, 0.15) is 0 Å². The Labute approximate surface area is 126 Å². The molecule has 0 aromatic heterocycles. The van der Waals surface area contributed by atoms with Crippen molar-refractivity contribution >= 4 is 39.3 Å². The van der Waals surface area contributed by atoms with E-state index in [-0.39, 0.29) is 5.78 Å². The van der Waals surface area contributed by atoms with Crippen molar-refractivity contribution in [3.8, 4) is 0 Å². The van der Waals surface area contributed by atoms with Gasteiger partial charge in [0.15, 0.2) is 0 Å². The van der Waals surface area contributed by atoms with Crippen LogP contribution >= 0.6 is 27.9 Å². The van der Waals surface area contributed by atoms with E-state index in [0.717, 1.165) is 33.6 Å². The summed E-state index contributed by atoms with van der Waals surface area (Å²) in [6.45, 7) is 3.07. The summed E-state index contributed by atoms with van der Waals surface area (Å²) in [5, 5.41) is 0. The minimum absolute atomic E-state index is 0.105. The average molecular weight is 341 g/mol. The first-order valence-corrected chi connectivity index (χ1v) is 7.77. The number of nitrogens with zero attached hydrogens (tertiary/aromatic N) is 2. The topological polar surface area (TPSA) is 23.6 Å². The third-order valence-corrected chi connectivity index (χ3v) is 4.29. The fraction of sp³-hybridized carbons (Fsp3) is 0.357. The van der Waals surface area contributed by atoms with Gasteiger partial charge in [0.05, 0.1) is 10.6 Å². The number of fused-ring (bicyclic) bond motifs is 1. The number of hydrogen-bond donors (Lipinski definition) is 0. The molecule has 0 bridgehead atoms. The van der Waals surface area contributed by atoms with E-state index in [1.54, 1.807) is 0 Å². The summed E-state index contributed by atoms with van der Waals surface area (Å²) < 4.78 is 3.19. The van der Waals surface area contributed by atoms with Gasteiger partial charge in [-0.2, -0.15) is 0 Å². The molecule has 102 valence electrons. The number of halogens is 1. The predicted molar refractivity (Wildman–Crippen MR) is 85.5 cm³/mol. The summed E-state index contributed by atoms with van der Waals surface area (Å²) in [6, 6.07) is 5.83. The van der Waals surface area contributed by atoms with E-state index in [1.165, 1.54) is 11.9 Å². The van der Waals surface area contributed by atoms with E-state index in [2.05, 4.69) is 27.2 Å². The molecule has 0 radical (unpaired) electrons. The summed E-state index contributed by atoms with van der Waals surface area (Å²) in [5.74, 6) is 0.105. The molecule has 1 heterocycles. The zero-order valence-corrected chi connectivity index (χ0v) is 13.7. The van der Waals surface area contributed by atoms with Crippen LogP contribution in [-0.4, -0.2) is 31.3 Å². The molecule has 0 atom stereocenters. The molecule has 0 unspecified atom stereocenters. The van der Waals surface area contributed by atoms with Crippen LogP contribution < -0.4 is 4.31 Å².